The minimum atomic E-state index is -1.08. The van der Waals surface area contributed by atoms with Gasteiger partial charge < -0.3 is 5.32 Å². The molecule has 2 rings (SSSR count). The van der Waals surface area contributed by atoms with Crippen LogP contribution in [-0.4, -0.2) is 21.4 Å². The molecule has 1 aromatic carbocycles. The van der Waals surface area contributed by atoms with Gasteiger partial charge in [-0.15, -0.1) is 0 Å². The molecule has 0 saturated carbocycles. The van der Waals surface area contributed by atoms with Crippen LogP contribution < -0.4 is 5.32 Å². The smallest absolute Gasteiger partial charge is 0.275 e. The Balaban J connectivity index is 2.22. The van der Waals surface area contributed by atoms with Crippen LogP contribution in [0.4, 0.5) is 5.69 Å². The molecule has 2 aromatic rings. The van der Waals surface area contributed by atoms with Crippen LogP contribution in [0.5, 0.6) is 0 Å². The highest BCUT2D eigenvalue weighted by atomic mass is 79.9. The van der Waals surface area contributed by atoms with Crippen LogP contribution in [0.3, 0.4) is 0 Å². The van der Waals surface area contributed by atoms with E-state index in [-0.39, 0.29) is 5.91 Å². The van der Waals surface area contributed by atoms with Crippen molar-refractivity contribution in [3.8, 4) is 0 Å². The molecule has 1 atom stereocenters. The van der Waals surface area contributed by atoms with E-state index in [9.17, 15) is 9.00 Å². The van der Waals surface area contributed by atoms with E-state index in [1.807, 2.05) is 0 Å². The number of benzene rings is 1. The van der Waals surface area contributed by atoms with E-state index in [1.54, 1.807) is 48.9 Å². The van der Waals surface area contributed by atoms with Crippen molar-refractivity contribution in [1.82, 2.24) is 4.98 Å². The van der Waals surface area contributed by atoms with Crippen LogP contribution in [0, 0.1) is 0 Å². The minimum Gasteiger partial charge on any atom is -0.321 e. The number of nitrogens with zero attached hydrogens (tertiary/aromatic N) is 1. The van der Waals surface area contributed by atoms with Crippen molar-refractivity contribution in [3.05, 3.63) is 52.8 Å². The zero-order valence-electron chi connectivity index (χ0n) is 10.1. The van der Waals surface area contributed by atoms with Crippen molar-refractivity contribution in [1.29, 1.82) is 0 Å². The molecule has 0 fully saturated rings. The van der Waals surface area contributed by atoms with Gasteiger partial charge in [0.15, 0.2) is 0 Å². The molecule has 0 saturated heterocycles. The standard InChI is InChI=1S/C13H11BrN2O2S/c1-19(18)10-5-2-4-9(8-10)16-13(17)12-11(14)6-3-7-15-12/h2-8H,1H3,(H,16,17)/t19-/m1/s1. The predicted molar refractivity (Wildman–Crippen MR) is 78.7 cm³/mol. The Labute approximate surface area is 121 Å². The minimum absolute atomic E-state index is 0.311. The highest BCUT2D eigenvalue weighted by Crippen LogP contribution is 2.17. The molecule has 0 aliphatic rings. The molecular weight excluding hydrogens is 328 g/mol. The third-order valence-electron chi connectivity index (χ3n) is 2.40. The Hall–Kier alpha value is -1.53. The molecule has 0 unspecified atom stereocenters. The molecule has 0 spiro atoms. The molecule has 0 bridgehead atoms. The predicted octanol–water partition coefficient (Wildman–Crippen LogP) is 2.83. The average Bonchev–Trinajstić information content (AvgIpc) is 2.39. The van der Waals surface area contributed by atoms with Crippen LogP contribution in [-0.2, 0) is 10.8 Å². The topological polar surface area (TPSA) is 59.1 Å². The molecule has 0 aliphatic heterocycles. The molecule has 6 heteroatoms. The van der Waals surface area contributed by atoms with Gasteiger partial charge in [-0.2, -0.15) is 0 Å². The Bertz CT molecular complexity index is 646. The normalized spacial score (nSPS) is 11.9. The first-order valence-electron chi connectivity index (χ1n) is 5.43. The van der Waals surface area contributed by atoms with E-state index in [4.69, 9.17) is 0 Å². The van der Waals surface area contributed by atoms with Gasteiger partial charge in [0, 0.05) is 38.3 Å². The highest BCUT2D eigenvalue weighted by molar-refractivity contribution is 9.10. The summed E-state index contributed by atoms with van der Waals surface area (Å²) in [6.07, 6.45) is 3.15. The molecule has 4 nitrogen and oxygen atoms in total. The van der Waals surface area contributed by atoms with Crippen LogP contribution >= 0.6 is 15.9 Å². The lowest BCUT2D eigenvalue weighted by Gasteiger charge is -2.07. The second-order valence-electron chi connectivity index (χ2n) is 3.77. The van der Waals surface area contributed by atoms with E-state index in [1.165, 1.54) is 0 Å². The van der Waals surface area contributed by atoms with Gasteiger partial charge in [-0.05, 0) is 46.3 Å². The zero-order chi connectivity index (χ0) is 13.8. The lowest BCUT2D eigenvalue weighted by molar-refractivity contribution is 0.102. The van der Waals surface area contributed by atoms with Gasteiger partial charge in [0.2, 0.25) is 0 Å². The Morgan fingerprint density at radius 3 is 2.79 bits per heavy atom. The van der Waals surface area contributed by atoms with E-state index >= 15 is 0 Å². The Morgan fingerprint density at radius 2 is 2.11 bits per heavy atom. The Morgan fingerprint density at radius 1 is 1.32 bits per heavy atom. The molecule has 1 amide bonds. The number of halogens is 1. The van der Waals surface area contributed by atoms with Gasteiger partial charge in [0.1, 0.15) is 5.69 Å². The number of hydrogen-bond donors (Lipinski definition) is 1. The molecule has 0 aliphatic carbocycles. The maximum Gasteiger partial charge on any atom is 0.275 e. The molecule has 1 aromatic heterocycles. The second-order valence-corrected chi connectivity index (χ2v) is 6.00. The summed E-state index contributed by atoms with van der Waals surface area (Å²) in [5, 5.41) is 2.73. The molecule has 1 N–H and O–H groups in total. The van der Waals surface area contributed by atoms with Gasteiger partial charge in [-0.3, -0.25) is 9.00 Å². The third kappa shape index (κ3) is 3.48. The first-order chi connectivity index (χ1) is 9.08. The zero-order valence-corrected chi connectivity index (χ0v) is 12.5. The van der Waals surface area contributed by atoms with Crippen LogP contribution in [0.1, 0.15) is 10.5 Å². The van der Waals surface area contributed by atoms with E-state index in [2.05, 4.69) is 26.2 Å². The van der Waals surface area contributed by atoms with Crippen molar-refractivity contribution in [2.75, 3.05) is 11.6 Å². The number of aromatic nitrogens is 1. The number of hydrogen-bond acceptors (Lipinski definition) is 3. The van der Waals surface area contributed by atoms with E-state index < -0.39 is 10.8 Å². The molecular formula is C13H11BrN2O2S. The number of rotatable bonds is 3. The van der Waals surface area contributed by atoms with Crippen LogP contribution in [0.2, 0.25) is 0 Å². The third-order valence-corrected chi connectivity index (χ3v) is 3.96. The maximum absolute atomic E-state index is 12.0. The summed E-state index contributed by atoms with van der Waals surface area (Å²) in [5.74, 6) is -0.313. The number of carbonyl (C=O) groups excluding carboxylic acids is 1. The SMILES string of the molecule is C[S@@](=O)c1cccc(NC(=O)c2ncccc2Br)c1. The van der Waals surface area contributed by atoms with Crippen LogP contribution in [0.15, 0.2) is 52.0 Å². The van der Waals surface area contributed by atoms with E-state index in [0.29, 0.717) is 20.7 Å². The molecule has 19 heavy (non-hydrogen) atoms. The molecule has 98 valence electrons. The largest absolute Gasteiger partial charge is 0.321 e. The van der Waals surface area contributed by atoms with Crippen LogP contribution in [0.25, 0.3) is 0 Å². The van der Waals surface area contributed by atoms with E-state index in [0.717, 1.165) is 0 Å². The van der Waals surface area contributed by atoms with Gasteiger partial charge in [-0.1, -0.05) is 6.07 Å². The fourth-order valence-electron chi connectivity index (χ4n) is 1.50. The number of amides is 1. The monoisotopic (exact) mass is 338 g/mol. The van der Waals surface area contributed by atoms with Crippen molar-refractivity contribution < 1.29 is 9.00 Å². The number of anilines is 1. The van der Waals surface area contributed by atoms with Crippen molar-refractivity contribution in [2.45, 2.75) is 4.90 Å². The lowest BCUT2D eigenvalue weighted by atomic mass is 10.3. The lowest BCUT2D eigenvalue weighted by Crippen LogP contribution is -2.14. The number of pyridine rings is 1. The highest BCUT2D eigenvalue weighted by Gasteiger charge is 2.11. The summed E-state index contributed by atoms with van der Waals surface area (Å²) in [6, 6.07) is 10.4. The summed E-state index contributed by atoms with van der Waals surface area (Å²) in [5.41, 5.74) is 0.903. The fraction of sp³-hybridized carbons (Fsp3) is 0.0769. The van der Waals surface area contributed by atoms with Gasteiger partial charge in [-0.25, -0.2) is 4.98 Å². The summed E-state index contributed by atoms with van der Waals surface area (Å²) >= 11 is 3.28. The average molecular weight is 339 g/mol. The quantitative estimate of drug-likeness (QED) is 0.936. The summed E-state index contributed by atoms with van der Waals surface area (Å²) in [7, 11) is -1.08. The number of carbonyl (C=O) groups is 1. The van der Waals surface area contributed by atoms with Crippen molar-refractivity contribution >= 4 is 38.3 Å². The maximum atomic E-state index is 12.0. The fourth-order valence-corrected chi connectivity index (χ4v) is 2.49. The Kier molecular flexibility index (Phi) is 4.44. The van der Waals surface area contributed by atoms with Crippen molar-refractivity contribution in [3.63, 3.8) is 0 Å². The summed E-state index contributed by atoms with van der Waals surface area (Å²) in [4.78, 5) is 16.7. The molecule has 1 heterocycles. The summed E-state index contributed by atoms with van der Waals surface area (Å²) < 4.78 is 12.0. The first kappa shape index (κ1) is 13.9. The summed E-state index contributed by atoms with van der Waals surface area (Å²) in [6.45, 7) is 0. The first-order valence-corrected chi connectivity index (χ1v) is 7.78. The van der Waals surface area contributed by atoms with Gasteiger partial charge in [0.25, 0.3) is 5.91 Å². The number of nitrogens with one attached hydrogen (secondary N) is 1. The van der Waals surface area contributed by atoms with Gasteiger partial charge >= 0.3 is 0 Å². The molecule has 0 radical (unpaired) electrons. The van der Waals surface area contributed by atoms with Crippen molar-refractivity contribution in [2.24, 2.45) is 0 Å². The van der Waals surface area contributed by atoms with Gasteiger partial charge in [0.05, 0.1) is 0 Å². The second kappa shape index (κ2) is 6.08.